The van der Waals surface area contributed by atoms with Gasteiger partial charge >= 0.3 is 0 Å². The molecule has 1 aliphatic rings. The van der Waals surface area contributed by atoms with Crippen LogP contribution in [0, 0.1) is 17.8 Å². The molecule has 2 N–H and O–H groups in total. The summed E-state index contributed by atoms with van der Waals surface area (Å²) in [6, 6.07) is 0.603. The molecule has 1 aliphatic carbocycles. The third-order valence-corrected chi connectivity index (χ3v) is 4.17. The number of amides is 1. The Morgan fingerprint density at radius 1 is 1.28 bits per heavy atom. The van der Waals surface area contributed by atoms with Gasteiger partial charge in [-0.25, -0.2) is 0 Å². The molecule has 3 nitrogen and oxygen atoms in total. The van der Waals surface area contributed by atoms with E-state index in [1.54, 1.807) is 0 Å². The molecule has 0 aromatic heterocycles. The zero-order chi connectivity index (χ0) is 13.5. The zero-order valence-corrected chi connectivity index (χ0v) is 12.5. The van der Waals surface area contributed by atoms with Crippen LogP contribution in [-0.4, -0.2) is 25.0 Å². The average molecular weight is 254 g/mol. The molecule has 18 heavy (non-hydrogen) atoms. The summed E-state index contributed by atoms with van der Waals surface area (Å²) in [5.41, 5.74) is 0. The Morgan fingerprint density at radius 2 is 2.00 bits per heavy atom. The van der Waals surface area contributed by atoms with Crippen molar-refractivity contribution < 1.29 is 4.79 Å². The van der Waals surface area contributed by atoms with Crippen molar-refractivity contribution in [3.63, 3.8) is 0 Å². The fourth-order valence-electron chi connectivity index (χ4n) is 2.65. The van der Waals surface area contributed by atoms with Crippen molar-refractivity contribution in [3.05, 3.63) is 0 Å². The van der Waals surface area contributed by atoms with Gasteiger partial charge in [-0.2, -0.15) is 0 Å². The minimum absolute atomic E-state index is 0.174. The van der Waals surface area contributed by atoms with Crippen LogP contribution in [0.4, 0.5) is 0 Å². The molecule has 0 aromatic rings. The van der Waals surface area contributed by atoms with Gasteiger partial charge in [-0.05, 0) is 24.2 Å². The number of rotatable bonds is 6. The highest BCUT2D eigenvalue weighted by atomic mass is 16.1. The lowest BCUT2D eigenvalue weighted by atomic mass is 9.78. The minimum atomic E-state index is 0.174. The van der Waals surface area contributed by atoms with E-state index in [-0.39, 0.29) is 5.91 Å². The van der Waals surface area contributed by atoms with Gasteiger partial charge in [0.05, 0.1) is 0 Å². The molecule has 0 bridgehead atoms. The lowest BCUT2D eigenvalue weighted by molar-refractivity contribution is -0.121. The number of hydrogen-bond acceptors (Lipinski definition) is 2. The largest absolute Gasteiger partial charge is 0.356 e. The Morgan fingerprint density at radius 3 is 2.67 bits per heavy atom. The van der Waals surface area contributed by atoms with Gasteiger partial charge in [0.1, 0.15) is 0 Å². The maximum Gasteiger partial charge on any atom is 0.221 e. The van der Waals surface area contributed by atoms with E-state index in [1.165, 1.54) is 19.3 Å². The average Bonchev–Trinajstić information content (AvgIpc) is 2.32. The summed E-state index contributed by atoms with van der Waals surface area (Å²) in [6.07, 6.45) is 4.54. The molecule has 3 heteroatoms. The summed E-state index contributed by atoms with van der Waals surface area (Å²) in [4.78, 5) is 11.6. The van der Waals surface area contributed by atoms with Crippen LogP contribution in [0.25, 0.3) is 0 Å². The normalized spacial score (nSPS) is 28.4. The van der Waals surface area contributed by atoms with Crippen molar-refractivity contribution in [3.8, 4) is 0 Å². The van der Waals surface area contributed by atoms with Crippen LogP contribution >= 0.6 is 0 Å². The summed E-state index contributed by atoms with van der Waals surface area (Å²) < 4.78 is 0. The van der Waals surface area contributed by atoms with E-state index in [1.807, 2.05) is 0 Å². The topological polar surface area (TPSA) is 41.1 Å². The molecule has 3 unspecified atom stereocenters. The van der Waals surface area contributed by atoms with Crippen LogP contribution in [-0.2, 0) is 4.79 Å². The van der Waals surface area contributed by atoms with Crippen LogP contribution in [0.1, 0.15) is 53.4 Å². The predicted molar refractivity (Wildman–Crippen MR) is 76.4 cm³/mol. The van der Waals surface area contributed by atoms with Gasteiger partial charge < -0.3 is 10.6 Å². The first-order valence-electron chi connectivity index (χ1n) is 7.50. The lowest BCUT2D eigenvalue weighted by Crippen LogP contribution is -2.42. The Balaban J connectivity index is 2.15. The summed E-state index contributed by atoms with van der Waals surface area (Å²) in [7, 11) is 0. The van der Waals surface area contributed by atoms with Crippen molar-refractivity contribution in [1.29, 1.82) is 0 Å². The third-order valence-electron chi connectivity index (χ3n) is 4.17. The second-order valence-electron chi connectivity index (χ2n) is 6.28. The SMILES string of the molecule is CC(C)CNC(=O)CCNC1CCCC(C)C1C. The second-order valence-corrected chi connectivity index (χ2v) is 6.28. The first-order valence-corrected chi connectivity index (χ1v) is 7.50. The molecule has 1 fully saturated rings. The van der Waals surface area contributed by atoms with Crippen molar-refractivity contribution >= 4 is 5.91 Å². The highest BCUT2D eigenvalue weighted by molar-refractivity contribution is 5.76. The van der Waals surface area contributed by atoms with E-state index in [0.717, 1.165) is 24.9 Å². The van der Waals surface area contributed by atoms with Crippen molar-refractivity contribution in [2.24, 2.45) is 17.8 Å². The Labute approximate surface area is 112 Å². The molecular formula is C15H30N2O. The third kappa shape index (κ3) is 5.38. The highest BCUT2D eigenvalue weighted by Gasteiger charge is 2.26. The molecule has 0 spiro atoms. The molecule has 0 heterocycles. The standard InChI is InChI=1S/C15H30N2O/c1-11(2)10-17-15(18)8-9-16-14-7-5-6-12(3)13(14)4/h11-14,16H,5-10H2,1-4H3,(H,17,18). The van der Waals surface area contributed by atoms with Gasteiger partial charge in [0.2, 0.25) is 5.91 Å². The second kappa shape index (κ2) is 7.78. The minimum Gasteiger partial charge on any atom is -0.356 e. The van der Waals surface area contributed by atoms with E-state index in [4.69, 9.17) is 0 Å². The van der Waals surface area contributed by atoms with Crippen molar-refractivity contribution in [2.75, 3.05) is 13.1 Å². The number of nitrogens with one attached hydrogen (secondary N) is 2. The first-order chi connectivity index (χ1) is 8.50. The molecule has 1 rings (SSSR count). The van der Waals surface area contributed by atoms with Crippen molar-refractivity contribution in [2.45, 2.75) is 59.4 Å². The van der Waals surface area contributed by atoms with Gasteiger partial charge in [-0.1, -0.05) is 40.5 Å². The molecule has 0 aromatic carbocycles. The van der Waals surface area contributed by atoms with Gasteiger partial charge in [0.25, 0.3) is 0 Å². The van der Waals surface area contributed by atoms with Gasteiger partial charge in [0, 0.05) is 25.6 Å². The van der Waals surface area contributed by atoms with Crippen LogP contribution in [0.3, 0.4) is 0 Å². The number of carbonyl (C=O) groups is 1. The summed E-state index contributed by atoms with van der Waals surface area (Å²) in [5, 5.41) is 6.52. The maximum atomic E-state index is 11.6. The first kappa shape index (κ1) is 15.5. The van der Waals surface area contributed by atoms with E-state index >= 15 is 0 Å². The van der Waals surface area contributed by atoms with Crippen LogP contribution in [0.2, 0.25) is 0 Å². The van der Waals surface area contributed by atoms with E-state index in [9.17, 15) is 4.79 Å². The molecule has 106 valence electrons. The van der Waals surface area contributed by atoms with E-state index < -0.39 is 0 Å². The highest BCUT2D eigenvalue weighted by Crippen LogP contribution is 2.29. The molecule has 0 aliphatic heterocycles. The summed E-state index contributed by atoms with van der Waals surface area (Å²) >= 11 is 0. The van der Waals surface area contributed by atoms with E-state index in [0.29, 0.717) is 18.4 Å². The Kier molecular flexibility index (Phi) is 6.69. The number of hydrogen-bond donors (Lipinski definition) is 2. The molecule has 1 saturated carbocycles. The molecule has 0 radical (unpaired) electrons. The predicted octanol–water partition coefficient (Wildman–Crippen LogP) is 2.56. The van der Waals surface area contributed by atoms with Crippen molar-refractivity contribution in [1.82, 2.24) is 10.6 Å². The van der Waals surface area contributed by atoms with Gasteiger partial charge in [-0.3, -0.25) is 4.79 Å². The molecular weight excluding hydrogens is 224 g/mol. The van der Waals surface area contributed by atoms with Gasteiger partial charge in [-0.15, -0.1) is 0 Å². The fourth-order valence-corrected chi connectivity index (χ4v) is 2.65. The quantitative estimate of drug-likeness (QED) is 0.765. The molecule has 1 amide bonds. The maximum absolute atomic E-state index is 11.6. The van der Waals surface area contributed by atoms with E-state index in [2.05, 4.69) is 38.3 Å². The number of carbonyl (C=O) groups excluding carboxylic acids is 1. The monoisotopic (exact) mass is 254 g/mol. The fraction of sp³-hybridized carbons (Fsp3) is 0.933. The Bertz CT molecular complexity index is 253. The lowest BCUT2D eigenvalue weighted by Gasteiger charge is -2.34. The van der Waals surface area contributed by atoms with Crippen LogP contribution < -0.4 is 10.6 Å². The Hall–Kier alpha value is -0.570. The molecule has 3 atom stereocenters. The smallest absolute Gasteiger partial charge is 0.221 e. The molecule has 0 saturated heterocycles. The van der Waals surface area contributed by atoms with Gasteiger partial charge in [0.15, 0.2) is 0 Å². The zero-order valence-electron chi connectivity index (χ0n) is 12.5. The summed E-state index contributed by atoms with van der Waals surface area (Å²) in [5.74, 6) is 2.25. The summed E-state index contributed by atoms with van der Waals surface area (Å²) in [6.45, 7) is 10.5. The van der Waals surface area contributed by atoms with Crippen LogP contribution in [0.15, 0.2) is 0 Å². The van der Waals surface area contributed by atoms with Crippen LogP contribution in [0.5, 0.6) is 0 Å².